The van der Waals surface area contributed by atoms with Crippen LogP contribution >= 0.6 is 0 Å². The van der Waals surface area contributed by atoms with E-state index >= 15 is 0 Å². The Morgan fingerprint density at radius 2 is 1.74 bits per heavy atom. The van der Waals surface area contributed by atoms with Crippen LogP contribution in [0, 0.1) is 0 Å². The Morgan fingerprint density at radius 1 is 1.00 bits per heavy atom. The summed E-state index contributed by atoms with van der Waals surface area (Å²) >= 11 is 0. The number of allylic oxidation sites excluding steroid dienone is 4. The highest BCUT2D eigenvalue weighted by Crippen LogP contribution is 2.40. The molecule has 1 amide bonds. The Labute approximate surface area is 274 Å². The number of ether oxygens (including phenoxy) is 1. The molecule has 46 heavy (non-hydrogen) atoms. The summed E-state index contributed by atoms with van der Waals surface area (Å²) in [7, 11) is 1.73. The zero-order valence-electron chi connectivity index (χ0n) is 27.8. The molecule has 5 nitrogen and oxygen atoms in total. The minimum atomic E-state index is -0.118. The molecule has 5 heteroatoms. The summed E-state index contributed by atoms with van der Waals surface area (Å²) in [6, 6.07) is 21.3. The van der Waals surface area contributed by atoms with Crippen LogP contribution in [0.15, 0.2) is 107 Å². The average Bonchev–Trinajstić information content (AvgIpc) is 3.67. The number of rotatable bonds is 13. The molecule has 1 aliphatic heterocycles. The maximum atomic E-state index is 13.3. The quantitative estimate of drug-likeness (QED) is 0.192. The highest BCUT2D eigenvalue weighted by molar-refractivity contribution is 6.17. The third-order valence-electron chi connectivity index (χ3n) is 9.01. The number of amides is 1. The predicted octanol–water partition coefficient (Wildman–Crippen LogP) is 8.07. The van der Waals surface area contributed by atoms with Gasteiger partial charge in [0.15, 0.2) is 0 Å². The lowest BCUT2D eigenvalue weighted by Gasteiger charge is -2.14. The third-order valence-corrected chi connectivity index (χ3v) is 9.01. The molecular formula is C41H45N3O2. The van der Waals surface area contributed by atoms with Crippen molar-refractivity contribution < 1.29 is 9.53 Å². The Morgan fingerprint density at radius 3 is 2.41 bits per heavy atom. The van der Waals surface area contributed by atoms with Crippen LogP contribution in [0.5, 0.6) is 5.75 Å². The van der Waals surface area contributed by atoms with Crippen molar-refractivity contribution in [3.05, 3.63) is 141 Å². The fourth-order valence-electron chi connectivity index (χ4n) is 6.25. The molecule has 3 aromatic rings. The summed E-state index contributed by atoms with van der Waals surface area (Å²) < 4.78 is 5.55. The topological polar surface area (TPSA) is 62.7 Å². The van der Waals surface area contributed by atoms with Crippen LogP contribution in [0.3, 0.4) is 0 Å². The maximum absolute atomic E-state index is 13.3. The Kier molecular flexibility index (Phi) is 10.2. The molecular weight excluding hydrogens is 566 g/mol. The molecule has 0 bridgehead atoms. The number of carbonyl (C=O) groups excluding carboxylic acids is 1. The Bertz CT molecular complexity index is 1800. The second-order valence-electron chi connectivity index (χ2n) is 12.0. The van der Waals surface area contributed by atoms with Gasteiger partial charge < -0.3 is 15.4 Å². The van der Waals surface area contributed by atoms with Gasteiger partial charge in [-0.25, -0.2) is 0 Å². The first-order chi connectivity index (χ1) is 22.2. The summed E-state index contributed by atoms with van der Waals surface area (Å²) in [5.41, 5.74) is 14.7. The lowest BCUT2D eigenvalue weighted by Crippen LogP contribution is -2.25. The molecule has 0 spiro atoms. The largest absolute Gasteiger partial charge is 0.496 e. The van der Waals surface area contributed by atoms with E-state index in [2.05, 4.69) is 116 Å². The molecule has 0 atom stereocenters. The van der Waals surface area contributed by atoms with E-state index in [1.165, 1.54) is 22.3 Å². The van der Waals surface area contributed by atoms with Crippen molar-refractivity contribution in [1.82, 2.24) is 10.6 Å². The number of hydrogen-bond acceptors (Lipinski definition) is 4. The van der Waals surface area contributed by atoms with Crippen LogP contribution in [0.1, 0.15) is 66.6 Å². The number of aliphatic imine (C=N–C) groups is 1. The van der Waals surface area contributed by atoms with E-state index in [-0.39, 0.29) is 5.91 Å². The van der Waals surface area contributed by atoms with E-state index < -0.39 is 0 Å². The van der Waals surface area contributed by atoms with E-state index in [0.717, 1.165) is 88.4 Å². The maximum Gasteiger partial charge on any atom is 0.257 e. The SMILES string of the molecule is C=C(/C=C(\C)c1ccc(C(=C)C2=C(NC(=O)C3=C(C)CN=C3)c3cccc(CC)c3C2)cc1)NCCc1ccc(CC)c(OC)c1. The van der Waals surface area contributed by atoms with Gasteiger partial charge in [0, 0.05) is 30.4 Å². The van der Waals surface area contributed by atoms with Gasteiger partial charge in [0.2, 0.25) is 0 Å². The summed E-state index contributed by atoms with van der Waals surface area (Å²) in [5.74, 6) is 0.834. The van der Waals surface area contributed by atoms with Crippen LogP contribution in [-0.2, 0) is 30.5 Å². The van der Waals surface area contributed by atoms with Crippen LogP contribution in [-0.4, -0.2) is 32.3 Å². The first-order valence-electron chi connectivity index (χ1n) is 16.2. The van der Waals surface area contributed by atoms with Crippen molar-refractivity contribution in [3.8, 4) is 5.75 Å². The molecule has 0 saturated carbocycles. The molecule has 3 aromatic carbocycles. The smallest absolute Gasteiger partial charge is 0.257 e. The van der Waals surface area contributed by atoms with Gasteiger partial charge in [0.1, 0.15) is 5.75 Å². The number of fused-ring (bicyclic) bond motifs is 1. The van der Waals surface area contributed by atoms with E-state index in [1.807, 2.05) is 6.92 Å². The number of benzene rings is 3. The fourth-order valence-corrected chi connectivity index (χ4v) is 6.25. The van der Waals surface area contributed by atoms with Crippen molar-refractivity contribution >= 4 is 29.0 Å². The van der Waals surface area contributed by atoms with E-state index in [0.29, 0.717) is 12.1 Å². The van der Waals surface area contributed by atoms with Gasteiger partial charge in [-0.15, -0.1) is 0 Å². The van der Waals surface area contributed by atoms with Crippen LogP contribution in [0.2, 0.25) is 0 Å². The predicted molar refractivity (Wildman–Crippen MR) is 193 cm³/mol. The van der Waals surface area contributed by atoms with Gasteiger partial charge in [-0.05, 0) is 101 Å². The number of nitrogens with zero attached hydrogens (tertiary/aromatic N) is 1. The van der Waals surface area contributed by atoms with Crippen molar-refractivity contribution in [2.75, 3.05) is 20.2 Å². The summed E-state index contributed by atoms with van der Waals surface area (Å²) in [6.45, 7) is 18.5. The molecule has 0 aromatic heterocycles. The number of aryl methyl sites for hydroxylation is 2. The van der Waals surface area contributed by atoms with Crippen molar-refractivity contribution in [2.24, 2.45) is 4.99 Å². The minimum Gasteiger partial charge on any atom is -0.496 e. The summed E-state index contributed by atoms with van der Waals surface area (Å²) in [6.07, 6.45) is 7.28. The first kappa shape index (κ1) is 32.5. The molecule has 0 unspecified atom stereocenters. The van der Waals surface area contributed by atoms with Crippen molar-refractivity contribution in [1.29, 1.82) is 0 Å². The van der Waals surface area contributed by atoms with Crippen LogP contribution < -0.4 is 15.4 Å². The van der Waals surface area contributed by atoms with Crippen LogP contribution in [0.4, 0.5) is 0 Å². The molecule has 0 radical (unpaired) electrons. The molecule has 2 N–H and O–H groups in total. The number of nitrogens with one attached hydrogen (secondary N) is 2. The van der Waals surface area contributed by atoms with Gasteiger partial charge in [-0.3, -0.25) is 9.79 Å². The molecule has 5 rings (SSSR count). The zero-order chi connectivity index (χ0) is 32.8. The van der Waals surface area contributed by atoms with Gasteiger partial charge >= 0.3 is 0 Å². The fraction of sp³-hybridized carbons (Fsp3) is 0.268. The monoisotopic (exact) mass is 611 g/mol. The average molecular weight is 612 g/mol. The van der Waals surface area contributed by atoms with Gasteiger partial charge in [0.25, 0.3) is 5.91 Å². The molecule has 2 aliphatic rings. The number of hydrogen-bond donors (Lipinski definition) is 2. The standard InChI is InChI=1S/C41H45N3O2/c1-8-31-11-10-12-35-37(31)23-36(40(35)44-41(45)38-25-42-24-27(38)4)29(6)34-17-15-33(16-18-34)26(3)21-28(5)43-20-19-30-13-14-32(9-2)39(22-30)46-7/h10-18,21-22,25,43H,5-6,8-9,19-20,23-24H2,1-4,7H3,(H,44,45)/b26-21+. The van der Waals surface area contributed by atoms with Gasteiger partial charge in [-0.2, -0.15) is 0 Å². The number of methoxy groups -OCH3 is 1. The highest BCUT2D eigenvalue weighted by atomic mass is 16.5. The Balaban J connectivity index is 1.29. The lowest BCUT2D eigenvalue weighted by molar-refractivity contribution is -0.115. The molecule has 0 saturated heterocycles. The molecule has 236 valence electrons. The zero-order valence-corrected chi connectivity index (χ0v) is 27.8. The molecule has 1 heterocycles. The molecule has 0 fully saturated rings. The normalized spacial score (nSPS) is 14.1. The Hall–Kier alpha value is -4.90. The van der Waals surface area contributed by atoms with E-state index in [4.69, 9.17) is 4.74 Å². The highest BCUT2D eigenvalue weighted by Gasteiger charge is 2.28. The van der Waals surface area contributed by atoms with Gasteiger partial charge in [0.05, 0.1) is 24.9 Å². The first-order valence-corrected chi connectivity index (χ1v) is 16.2. The lowest BCUT2D eigenvalue weighted by atomic mass is 9.94. The van der Waals surface area contributed by atoms with Gasteiger partial charge in [-0.1, -0.05) is 81.6 Å². The van der Waals surface area contributed by atoms with E-state index in [1.54, 1.807) is 13.3 Å². The minimum absolute atomic E-state index is 0.118. The summed E-state index contributed by atoms with van der Waals surface area (Å²) in [5, 5.41) is 6.70. The molecule has 1 aliphatic carbocycles. The summed E-state index contributed by atoms with van der Waals surface area (Å²) in [4.78, 5) is 17.6. The van der Waals surface area contributed by atoms with Crippen LogP contribution in [0.25, 0.3) is 16.8 Å². The second-order valence-corrected chi connectivity index (χ2v) is 12.0. The third kappa shape index (κ3) is 6.99. The van der Waals surface area contributed by atoms with Crippen molar-refractivity contribution in [2.45, 2.75) is 53.4 Å². The van der Waals surface area contributed by atoms with Crippen molar-refractivity contribution in [3.63, 3.8) is 0 Å². The number of carbonyl (C=O) groups is 1. The van der Waals surface area contributed by atoms with E-state index in [9.17, 15) is 4.79 Å². The second kappa shape index (κ2) is 14.5.